The fourth-order valence-corrected chi connectivity index (χ4v) is 3.12. The van der Waals surface area contributed by atoms with Gasteiger partial charge in [0.05, 0.1) is 6.10 Å². The van der Waals surface area contributed by atoms with E-state index in [9.17, 15) is 0 Å². The van der Waals surface area contributed by atoms with E-state index in [0.29, 0.717) is 25.7 Å². The highest BCUT2D eigenvalue weighted by atomic mass is 31.2. The van der Waals surface area contributed by atoms with Crippen LogP contribution in [0.3, 0.4) is 0 Å². The molecule has 1 aliphatic heterocycles. The molecule has 1 fully saturated rings. The molecule has 0 spiro atoms. The van der Waals surface area contributed by atoms with Crippen LogP contribution in [0.2, 0.25) is 0 Å². The Labute approximate surface area is 130 Å². The average Bonchev–Trinajstić information content (AvgIpc) is 2.72. The lowest BCUT2D eigenvalue weighted by Gasteiger charge is -2.26. The molecule has 1 rings (SSSR count). The lowest BCUT2D eigenvalue weighted by Crippen LogP contribution is -2.37. The first-order valence-electron chi connectivity index (χ1n) is 7.38. The fourth-order valence-electron chi connectivity index (χ4n) is 2.12. The SMILES string of the molecule is [B][C@@H]1O[C@H](CC)C(OP(C)OCC[N+]#[C-])[C@@H]1OCC(C)C. The predicted molar refractivity (Wildman–Crippen MR) is 84.4 cm³/mol. The quantitative estimate of drug-likeness (QED) is 0.284. The molecule has 0 amide bonds. The van der Waals surface area contributed by atoms with E-state index in [2.05, 4.69) is 18.7 Å². The molecule has 1 heterocycles. The van der Waals surface area contributed by atoms with Crippen LogP contribution >= 0.6 is 8.38 Å². The van der Waals surface area contributed by atoms with Crippen molar-refractivity contribution in [2.45, 2.75) is 51.5 Å². The smallest absolute Gasteiger partial charge is 0.238 e. The Morgan fingerprint density at radius 1 is 1.38 bits per heavy atom. The minimum Gasteiger partial charge on any atom is -0.379 e. The number of rotatable bonds is 9. The van der Waals surface area contributed by atoms with Gasteiger partial charge >= 0.3 is 0 Å². The lowest BCUT2D eigenvalue weighted by molar-refractivity contribution is -0.0224. The Hall–Kier alpha value is -0.175. The molecule has 1 aliphatic rings. The van der Waals surface area contributed by atoms with Crippen LogP contribution in [-0.4, -0.2) is 58.6 Å². The van der Waals surface area contributed by atoms with Crippen molar-refractivity contribution in [1.29, 1.82) is 0 Å². The molecule has 0 N–H and O–H groups in total. The summed E-state index contributed by atoms with van der Waals surface area (Å²) < 4.78 is 23.1. The molecule has 0 aromatic carbocycles. The first-order valence-corrected chi connectivity index (χ1v) is 9.01. The van der Waals surface area contributed by atoms with Gasteiger partial charge in [0.15, 0.2) is 8.38 Å². The maximum atomic E-state index is 6.74. The first kappa shape index (κ1) is 18.9. The summed E-state index contributed by atoms with van der Waals surface area (Å²) in [5.41, 5.74) is 0. The summed E-state index contributed by atoms with van der Waals surface area (Å²) >= 11 is 0. The van der Waals surface area contributed by atoms with Crippen molar-refractivity contribution >= 4 is 16.2 Å². The van der Waals surface area contributed by atoms with Gasteiger partial charge in [0.2, 0.25) is 6.54 Å². The van der Waals surface area contributed by atoms with Crippen LogP contribution in [0, 0.1) is 12.5 Å². The zero-order valence-corrected chi connectivity index (χ0v) is 14.2. The van der Waals surface area contributed by atoms with Gasteiger partial charge in [-0.2, -0.15) is 0 Å². The van der Waals surface area contributed by atoms with Crippen molar-refractivity contribution in [2.75, 3.05) is 26.4 Å². The monoisotopic (exact) mass is 313 g/mol. The van der Waals surface area contributed by atoms with Gasteiger partial charge in [0.25, 0.3) is 0 Å². The van der Waals surface area contributed by atoms with Gasteiger partial charge in [-0.05, 0) is 12.3 Å². The third-order valence-corrected chi connectivity index (χ3v) is 4.20. The van der Waals surface area contributed by atoms with Crippen molar-refractivity contribution in [3.05, 3.63) is 11.4 Å². The van der Waals surface area contributed by atoms with Gasteiger partial charge in [-0.25, -0.2) is 6.57 Å². The molecule has 118 valence electrons. The summed E-state index contributed by atoms with van der Waals surface area (Å²) in [4.78, 5) is 3.26. The number of nitrogens with zero attached hydrogens (tertiary/aromatic N) is 1. The molecule has 0 aromatic rings. The molecular formula is C14H25BNO4P. The number of hydrogen-bond donors (Lipinski definition) is 0. The number of hydrogen-bond acceptors (Lipinski definition) is 4. The minimum atomic E-state index is -1.07. The van der Waals surface area contributed by atoms with Crippen LogP contribution < -0.4 is 0 Å². The predicted octanol–water partition coefficient (Wildman–Crippen LogP) is 2.59. The maximum Gasteiger partial charge on any atom is 0.238 e. The van der Waals surface area contributed by atoms with Gasteiger partial charge in [-0.1, -0.05) is 20.8 Å². The van der Waals surface area contributed by atoms with Crippen LogP contribution in [0.5, 0.6) is 0 Å². The Morgan fingerprint density at radius 2 is 2.10 bits per heavy atom. The standard InChI is InChI=1S/C14H25BNO4P/c1-6-11-12(20-21(5)18-8-7-16-4)13(14(15)19-11)17-9-10(2)3/h10-14H,6-9H2,1-3,5H3/t11-,12?,13+,14-,21?/m1/s1. The van der Waals surface area contributed by atoms with Crippen molar-refractivity contribution in [3.63, 3.8) is 0 Å². The van der Waals surface area contributed by atoms with Crippen molar-refractivity contribution in [1.82, 2.24) is 0 Å². The Bertz CT molecular complexity index is 339. The van der Waals surface area contributed by atoms with E-state index in [4.69, 9.17) is 32.9 Å². The van der Waals surface area contributed by atoms with E-state index >= 15 is 0 Å². The molecule has 21 heavy (non-hydrogen) atoms. The van der Waals surface area contributed by atoms with E-state index in [1.165, 1.54) is 0 Å². The van der Waals surface area contributed by atoms with Crippen molar-refractivity contribution in [3.8, 4) is 0 Å². The first-order chi connectivity index (χ1) is 9.99. The average molecular weight is 313 g/mol. The topological polar surface area (TPSA) is 41.3 Å². The number of ether oxygens (including phenoxy) is 2. The molecule has 2 radical (unpaired) electrons. The lowest BCUT2D eigenvalue weighted by atomic mass is 9.92. The van der Waals surface area contributed by atoms with E-state index in [0.717, 1.165) is 6.42 Å². The molecular weight excluding hydrogens is 288 g/mol. The largest absolute Gasteiger partial charge is 0.379 e. The second kappa shape index (κ2) is 9.76. The highest BCUT2D eigenvalue weighted by molar-refractivity contribution is 7.46. The molecule has 1 saturated heterocycles. The summed E-state index contributed by atoms with van der Waals surface area (Å²) in [5, 5.41) is 0. The molecule has 7 heteroatoms. The van der Waals surface area contributed by atoms with Crippen LogP contribution in [0.4, 0.5) is 0 Å². The minimum absolute atomic E-state index is 0.0772. The Kier molecular flexibility index (Phi) is 8.77. The van der Waals surface area contributed by atoms with Gasteiger partial charge in [0.1, 0.15) is 26.7 Å². The molecule has 0 aliphatic carbocycles. The van der Waals surface area contributed by atoms with Gasteiger partial charge in [-0.15, -0.1) is 0 Å². The highest BCUT2D eigenvalue weighted by Gasteiger charge is 2.43. The van der Waals surface area contributed by atoms with Crippen LogP contribution in [0.1, 0.15) is 27.2 Å². The molecule has 2 unspecified atom stereocenters. The molecule has 0 bridgehead atoms. The molecule has 0 aromatic heterocycles. The zero-order chi connectivity index (χ0) is 15.8. The molecule has 5 nitrogen and oxygen atoms in total. The zero-order valence-electron chi connectivity index (χ0n) is 13.3. The Balaban J connectivity index is 2.56. The van der Waals surface area contributed by atoms with E-state index in [-0.39, 0.29) is 18.3 Å². The highest BCUT2D eigenvalue weighted by Crippen LogP contribution is 2.40. The maximum absolute atomic E-state index is 6.74. The Morgan fingerprint density at radius 3 is 2.67 bits per heavy atom. The van der Waals surface area contributed by atoms with Gasteiger partial charge in [-0.3, -0.25) is 0 Å². The van der Waals surface area contributed by atoms with Crippen LogP contribution in [-0.2, 0) is 18.5 Å². The van der Waals surface area contributed by atoms with Gasteiger partial charge < -0.3 is 23.4 Å². The van der Waals surface area contributed by atoms with E-state index in [1.54, 1.807) is 0 Å². The summed E-state index contributed by atoms with van der Waals surface area (Å²) in [6, 6.07) is -0.467. The fraction of sp³-hybridized carbons (Fsp3) is 0.929. The normalized spacial score (nSPS) is 30.5. The van der Waals surface area contributed by atoms with E-state index < -0.39 is 14.4 Å². The van der Waals surface area contributed by atoms with Crippen LogP contribution in [0.15, 0.2) is 0 Å². The second-order valence-corrected chi connectivity index (χ2v) is 6.81. The third-order valence-electron chi connectivity index (χ3n) is 3.12. The summed E-state index contributed by atoms with van der Waals surface area (Å²) in [7, 11) is 4.95. The van der Waals surface area contributed by atoms with E-state index in [1.807, 2.05) is 13.6 Å². The third kappa shape index (κ3) is 6.22. The second-order valence-electron chi connectivity index (χ2n) is 5.46. The summed E-state index contributed by atoms with van der Waals surface area (Å²) in [5.74, 6) is 0.427. The van der Waals surface area contributed by atoms with Crippen molar-refractivity contribution in [2.24, 2.45) is 5.92 Å². The summed E-state index contributed by atoms with van der Waals surface area (Å²) in [6.07, 6.45) is 0.247. The van der Waals surface area contributed by atoms with Crippen LogP contribution in [0.25, 0.3) is 4.85 Å². The summed E-state index contributed by atoms with van der Waals surface area (Å²) in [6.45, 7) is 16.2. The van der Waals surface area contributed by atoms with Gasteiger partial charge in [0, 0.05) is 19.3 Å². The van der Waals surface area contributed by atoms with Crippen molar-refractivity contribution < 1.29 is 18.5 Å². The molecule has 5 atom stereocenters. The molecule has 0 saturated carbocycles.